The van der Waals surface area contributed by atoms with E-state index in [-0.39, 0.29) is 17.7 Å². The number of carbonyl (C=O) groups is 1. The van der Waals surface area contributed by atoms with E-state index in [0.29, 0.717) is 22.9 Å². The van der Waals surface area contributed by atoms with Crippen LogP contribution in [0.3, 0.4) is 0 Å². The molecule has 0 aromatic heterocycles. The SMILES string of the molecule is COc1cc(NC(=O)C2CC2c2ccc(Br)cc2)cc(OC)c1OC. The summed E-state index contributed by atoms with van der Waals surface area (Å²) in [4.78, 5) is 12.5. The lowest BCUT2D eigenvalue weighted by Crippen LogP contribution is -2.14. The molecule has 0 heterocycles. The molecule has 1 aliphatic carbocycles. The standard InChI is InChI=1S/C19H20BrNO4/c1-23-16-8-13(9-17(24-2)18(16)25-3)21-19(22)15-10-14(15)11-4-6-12(20)7-5-11/h4-9,14-15H,10H2,1-3H3,(H,21,22). The average Bonchev–Trinajstić information content (AvgIpc) is 3.42. The van der Waals surface area contributed by atoms with Gasteiger partial charge >= 0.3 is 0 Å². The van der Waals surface area contributed by atoms with Gasteiger partial charge in [-0.25, -0.2) is 0 Å². The van der Waals surface area contributed by atoms with E-state index >= 15 is 0 Å². The number of halogens is 1. The van der Waals surface area contributed by atoms with Gasteiger partial charge in [-0.05, 0) is 30.0 Å². The molecule has 1 fully saturated rings. The molecule has 0 saturated heterocycles. The van der Waals surface area contributed by atoms with Crippen molar-refractivity contribution in [1.82, 2.24) is 0 Å². The van der Waals surface area contributed by atoms with Crippen LogP contribution in [0.25, 0.3) is 0 Å². The fourth-order valence-corrected chi connectivity index (χ4v) is 3.22. The van der Waals surface area contributed by atoms with Crippen LogP contribution in [0.2, 0.25) is 0 Å². The summed E-state index contributed by atoms with van der Waals surface area (Å²) in [5.74, 6) is 1.79. The molecule has 2 atom stereocenters. The van der Waals surface area contributed by atoms with Crippen molar-refractivity contribution in [2.45, 2.75) is 12.3 Å². The molecule has 1 saturated carbocycles. The molecule has 0 radical (unpaired) electrons. The predicted octanol–water partition coefficient (Wildman–Crippen LogP) is 4.22. The Morgan fingerprint density at radius 1 is 1.04 bits per heavy atom. The van der Waals surface area contributed by atoms with Crippen LogP contribution in [-0.4, -0.2) is 27.2 Å². The third kappa shape index (κ3) is 3.74. The van der Waals surface area contributed by atoms with Crippen LogP contribution in [0.5, 0.6) is 17.2 Å². The van der Waals surface area contributed by atoms with Crippen LogP contribution in [0, 0.1) is 5.92 Å². The maximum atomic E-state index is 12.5. The number of methoxy groups -OCH3 is 3. The molecule has 2 aromatic rings. The minimum atomic E-state index is -0.0136. The second-order valence-electron chi connectivity index (χ2n) is 5.90. The molecule has 0 spiro atoms. The number of benzene rings is 2. The van der Waals surface area contributed by atoms with E-state index in [2.05, 4.69) is 33.4 Å². The monoisotopic (exact) mass is 405 g/mol. The Hall–Kier alpha value is -2.21. The van der Waals surface area contributed by atoms with Crippen molar-refractivity contribution in [2.75, 3.05) is 26.6 Å². The Kier molecular flexibility index (Phi) is 5.18. The Morgan fingerprint density at radius 3 is 2.16 bits per heavy atom. The van der Waals surface area contributed by atoms with Crippen molar-refractivity contribution in [3.63, 3.8) is 0 Å². The molecule has 1 aliphatic rings. The number of anilines is 1. The Labute approximate surface area is 155 Å². The van der Waals surface area contributed by atoms with Crippen molar-refractivity contribution in [2.24, 2.45) is 5.92 Å². The summed E-state index contributed by atoms with van der Waals surface area (Å²) in [6.07, 6.45) is 0.859. The lowest BCUT2D eigenvalue weighted by molar-refractivity contribution is -0.117. The highest BCUT2D eigenvalue weighted by Gasteiger charge is 2.43. The first-order valence-corrected chi connectivity index (χ1v) is 8.73. The van der Waals surface area contributed by atoms with Crippen molar-refractivity contribution >= 4 is 27.5 Å². The van der Waals surface area contributed by atoms with Gasteiger partial charge in [-0.3, -0.25) is 4.79 Å². The van der Waals surface area contributed by atoms with Gasteiger partial charge in [0.25, 0.3) is 0 Å². The van der Waals surface area contributed by atoms with Gasteiger partial charge in [-0.2, -0.15) is 0 Å². The van der Waals surface area contributed by atoms with E-state index in [4.69, 9.17) is 14.2 Å². The van der Waals surface area contributed by atoms with Crippen molar-refractivity contribution in [1.29, 1.82) is 0 Å². The summed E-state index contributed by atoms with van der Waals surface area (Å²) < 4.78 is 17.0. The third-order valence-electron chi connectivity index (χ3n) is 4.36. The van der Waals surface area contributed by atoms with Gasteiger partial charge in [-0.15, -0.1) is 0 Å². The van der Waals surface area contributed by atoms with E-state index in [1.54, 1.807) is 33.5 Å². The molecule has 3 rings (SSSR count). The van der Waals surface area contributed by atoms with Gasteiger partial charge in [0.2, 0.25) is 11.7 Å². The smallest absolute Gasteiger partial charge is 0.228 e. The van der Waals surface area contributed by atoms with E-state index in [9.17, 15) is 4.79 Å². The number of rotatable bonds is 6. The molecule has 25 heavy (non-hydrogen) atoms. The van der Waals surface area contributed by atoms with E-state index < -0.39 is 0 Å². The zero-order valence-electron chi connectivity index (χ0n) is 14.3. The lowest BCUT2D eigenvalue weighted by atomic mass is 10.1. The van der Waals surface area contributed by atoms with E-state index in [0.717, 1.165) is 10.9 Å². The molecular weight excluding hydrogens is 386 g/mol. The van der Waals surface area contributed by atoms with Gasteiger partial charge in [-0.1, -0.05) is 28.1 Å². The fraction of sp³-hybridized carbons (Fsp3) is 0.316. The van der Waals surface area contributed by atoms with Crippen LogP contribution < -0.4 is 19.5 Å². The van der Waals surface area contributed by atoms with Gasteiger partial charge < -0.3 is 19.5 Å². The molecule has 0 bridgehead atoms. The minimum Gasteiger partial charge on any atom is -0.493 e. The van der Waals surface area contributed by atoms with Gasteiger partial charge in [0.15, 0.2) is 11.5 Å². The van der Waals surface area contributed by atoms with Crippen LogP contribution in [0.15, 0.2) is 40.9 Å². The highest BCUT2D eigenvalue weighted by atomic mass is 79.9. The number of amides is 1. The van der Waals surface area contributed by atoms with Crippen molar-refractivity contribution in [3.05, 3.63) is 46.4 Å². The molecule has 2 unspecified atom stereocenters. The highest BCUT2D eigenvalue weighted by molar-refractivity contribution is 9.10. The average molecular weight is 406 g/mol. The van der Waals surface area contributed by atoms with Crippen molar-refractivity contribution in [3.8, 4) is 17.2 Å². The van der Waals surface area contributed by atoms with Crippen LogP contribution in [0.4, 0.5) is 5.69 Å². The summed E-state index contributed by atoms with van der Waals surface area (Å²) >= 11 is 3.43. The molecule has 2 aromatic carbocycles. The second kappa shape index (κ2) is 7.35. The van der Waals surface area contributed by atoms with E-state index in [1.165, 1.54) is 5.56 Å². The van der Waals surface area contributed by atoms with Crippen LogP contribution in [-0.2, 0) is 4.79 Å². The maximum Gasteiger partial charge on any atom is 0.228 e. The first-order chi connectivity index (χ1) is 12.1. The predicted molar refractivity (Wildman–Crippen MR) is 99.7 cm³/mol. The number of nitrogens with one attached hydrogen (secondary N) is 1. The number of hydrogen-bond donors (Lipinski definition) is 1. The zero-order chi connectivity index (χ0) is 18.0. The molecule has 132 valence electrons. The zero-order valence-corrected chi connectivity index (χ0v) is 15.9. The van der Waals surface area contributed by atoms with Crippen LogP contribution in [0.1, 0.15) is 17.9 Å². The van der Waals surface area contributed by atoms with Gasteiger partial charge in [0, 0.05) is 28.2 Å². The van der Waals surface area contributed by atoms with E-state index in [1.807, 2.05) is 12.1 Å². The first-order valence-electron chi connectivity index (χ1n) is 7.93. The first kappa shape index (κ1) is 17.6. The number of ether oxygens (including phenoxy) is 3. The number of hydrogen-bond acceptors (Lipinski definition) is 4. The van der Waals surface area contributed by atoms with Crippen molar-refractivity contribution < 1.29 is 19.0 Å². The van der Waals surface area contributed by atoms with Crippen LogP contribution >= 0.6 is 15.9 Å². The Balaban J connectivity index is 1.72. The summed E-state index contributed by atoms with van der Waals surface area (Å²) in [5.41, 5.74) is 1.81. The van der Waals surface area contributed by atoms with Gasteiger partial charge in [0.1, 0.15) is 0 Å². The largest absolute Gasteiger partial charge is 0.493 e. The molecular formula is C19H20BrNO4. The normalized spacial score (nSPS) is 18.4. The maximum absolute atomic E-state index is 12.5. The summed E-state index contributed by atoms with van der Waals surface area (Å²) in [7, 11) is 4.65. The Morgan fingerprint density at radius 2 is 1.64 bits per heavy atom. The van der Waals surface area contributed by atoms with Gasteiger partial charge in [0.05, 0.1) is 21.3 Å². The fourth-order valence-electron chi connectivity index (χ4n) is 2.95. The third-order valence-corrected chi connectivity index (χ3v) is 4.89. The molecule has 5 nitrogen and oxygen atoms in total. The highest BCUT2D eigenvalue weighted by Crippen LogP contribution is 2.48. The molecule has 1 N–H and O–H groups in total. The summed E-state index contributed by atoms with van der Waals surface area (Å²) in [6, 6.07) is 11.6. The minimum absolute atomic E-state index is 0.00203. The summed E-state index contributed by atoms with van der Waals surface area (Å²) in [6.45, 7) is 0. The molecule has 1 amide bonds. The summed E-state index contributed by atoms with van der Waals surface area (Å²) in [5, 5.41) is 2.95. The lowest BCUT2D eigenvalue weighted by Gasteiger charge is -2.14. The Bertz CT molecular complexity index is 750. The quantitative estimate of drug-likeness (QED) is 0.781. The second-order valence-corrected chi connectivity index (χ2v) is 6.82. The molecule has 6 heteroatoms. The topological polar surface area (TPSA) is 56.8 Å². The molecule has 0 aliphatic heterocycles. The number of carbonyl (C=O) groups excluding carboxylic acids is 1.